The number of hydrogen-bond donors (Lipinski definition) is 1. The van der Waals surface area contributed by atoms with Crippen molar-refractivity contribution in [3.05, 3.63) is 87.1 Å². The maximum absolute atomic E-state index is 13.0. The van der Waals surface area contributed by atoms with Gasteiger partial charge >= 0.3 is 6.03 Å². The topological polar surface area (TPSA) is 71.4 Å². The molecule has 1 aliphatic heterocycles. The highest BCUT2D eigenvalue weighted by molar-refractivity contribution is 9.10. The van der Waals surface area contributed by atoms with Crippen molar-refractivity contribution in [2.75, 3.05) is 4.90 Å². The van der Waals surface area contributed by atoms with E-state index >= 15 is 0 Å². The number of halogens is 2. The van der Waals surface area contributed by atoms with E-state index in [4.69, 9.17) is 0 Å². The molecule has 0 unspecified atom stereocenters. The molecule has 8 heteroatoms. The predicted molar refractivity (Wildman–Crippen MR) is 117 cm³/mol. The van der Waals surface area contributed by atoms with Gasteiger partial charge in [-0.1, -0.05) is 37.9 Å². The number of carbonyl (C=O) groups excluding carboxylic acids is 3. The molecule has 6 nitrogen and oxygen atoms in total. The molecule has 1 aromatic heterocycles. The van der Waals surface area contributed by atoms with Crippen LogP contribution in [0.2, 0.25) is 0 Å². The van der Waals surface area contributed by atoms with Crippen LogP contribution < -0.4 is 10.2 Å². The van der Waals surface area contributed by atoms with E-state index in [2.05, 4.69) is 37.2 Å². The Morgan fingerprint density at radius 2 is 1.59 bits per heavy atom. The van der Waals surface area contributed by atoms with Crippen molar-refractivity contribution in [2.45, 2.75) is 0 Å². The van der Waals surface area contributed by atoms with Crippen molar-refractivity contribution in [1.29, 1.82) is 0 Å². The standard InChI is InChI=1S/C21H13Br2N3O3/c22-13-6-8-15(9-7-13)26-20(28)18(19(27)24-21(26)29)12-17-5-2-10-25(17)16-4-1-3-14(23)11-16/h1-12H,(H,24,27,29)/b18-12+. The normalized spacial score (nSPS) is 15.7. The van der Waals surface area contributed by atoms with E-state index in [0.29, 0.717) is 11.4 Å². The van der Waals surface area contributed by atoms with Crippen LogP contribution in [0.5, 0.6) is 0 Å². The van der Waals surface area contributed by atoms with Crippen molar-refractivity contribution >= 4 is 61.5 Å². The summed E-state index contributed by atoms with van der Waals surface area (Å²) < 4.78 is 3.56. The number of rotatable bonds is 3. The zero-order chi connectivity index (χ0) is 20.5. The Hall–Kier alpha value is -2.97. The molecule has 0 radical (unpaired) electrons. The van der Waals surface area contributed by atoms with Gasteiger partial charge in [-0.05, 0) is 60.7 Å². The number of aromatic nitrogens is 1. The molecule has 3 aromatic rings. The number of anilines is 1. The van der Waals surface area contributed by atoms with Gasteiger partial charge in [0.1, 0.15) is 5.57 Å². The number of nitrogens with zero attached hydrogens (tertiary/aromatic N) is 2. The number of benzene rings is 2. The summed E-state index contributed by atoms with van der Waals surface area (Å²) in [7, 11) is 0. The van der Waals surface area contributed by atoms with Gasteiger partial charge in [-0.15, -0.1) is 0 Å². The van der Waals surface area contributed by atoms with Gasteiger partial charge in [0.25, 0.3) is 11.8 Å². The summed E-state index contributed by atoms with van der Waals surface area (Å²) >= 11 is 6.76. The Morgan fingerprint density at radius 3 is 2.31 bits per heavy atom. The molecular formula is C21H13Br2N3O3. The van der Waals surface area contributed by atoms with Crippen molar-refractivity contribution < 1.29 is 14.4 Å². The average molecular weight is 515 g/mol. The van der Waals surface area contributed by atoms with E-state index in [-0.39, 0.29) is 5.57 Å². The van der Waals surface area contributed by atoms with Gasteiger partial charge in [0, 0.05) is 26.5 Å². The number of hydrogen-bond acceptors (Lipinski definition) is 3. The van der Waals surface area contributed by atoms with Crippen molar-refractivity contribution in [3.63, 3.8) is 0 Å². The first kappa shape index (κ1) is 19.4. The van der Waals surface area contributed by atoms with Crippen molar-refractivity contribution in [1.82, 2.24) is 9.88 Å². The lowest BCUT2D eigenvalue weighted by molar-refractivity contribution is -0.122. The third kappa shape index (κ3) is 3.81. The molecule has 1 N–H and O–H groups in total. The maximum atomic E-state index is 13.0. The summed E-state index contributed by atoms with van der Waals surface area (Å²) in [5.74, 6) is -1.40. The Bertz CT molecular complexity index is 1170. The van der Waals surface area contributed by atoms with Crippen LogP contribution in [-0.2, 0) is 9.59 Å². The summed E-state index contributed by atoms with van der Waals surface area (Å²) in [5, 5.41) is 2.23. The lowest BCUT2D eigenvalue weighted by atomic mass is 10.1. The fraction of sp³-hybridized carbons (Fsp3) is 0. The molecule has 144 valence electrons. The molecule has 4 rings (SSSR count). The molecule has 0 spiro atoms. The van der Waals surface area contributed by atoms with Gasteiger partial charge in [-0.2, -0.15) is 0 Å². The minimum absolute atomic E-state index is 0.123. The average Bonchev–Trinajstić information content (AvgIpc) is 3.15. The first-order chi connectivity index (χ1) is 13.9. The number of nitrogens with one attached hydrogen (secondary N) is 1. The summed E-state index contributed by atoms with van der Waals surface area (Å²) in [6, 6.07) is 17.1. The van der Waals surface area contributed by atoms with Gasteiger partial charge in [-0.25, -0.2) is 9.69 Å². The molecule has 1 aliphatic rings. The molecule has 2 aromatic carbocycles. The highest BCUT2D eigenvalue weighted by Gasteiger charge is 2.36. The third-order valence-electron chi connectivity index (χ3n) is 4.35. The fourth-order valence-electron chi connectivity index (χ4n) is 3.00. The van der Waals surface area contributed by atoms with Crippen LogP contribution >= 0.6 is 31.9 Å². The van der Waals surface area contributed by atoms with Gasteiger partial charge in [-0.3, -0.25) is 14.9 Å². The van der Waals surface area contributed by atoms with Gasteiger partial charge in [0.05, 0.1) is 5.69 Å². The number of imide groups is 2. The van der Waals surface area contributed by atoms with Crippen LogP contribution in [0, 0.1) is 0 Å². The smallest absolute Gasteiger partial charge is 0.317 e. The van der Waals surface area contributed by atoms with Gasteiger partial charge < -0.3 is 4.57 Å². The van der Waals surface area contributed by atoms with Crippen LogP contribution in [0.3, 0.4) is 0 Å². The fourth-order valence-corrected chi connectivity index (χ4v) is 3.65. The first-order valence-corrected chi connectivity index (χ1v) is 10.1. The predicted octanol–water partition coefficient (Wildman–Crippen LogP) is 4.67. The van der Waals surface area contributed by atoms with E-state index in [1.807, 2.05) is 41.1 Å². The lowest BCUT2D eigenvalue weighted by Crippen LogP contribution is -2.54. The van der Waals surface area contributed by atoms with Crippen LogP contribution in [0.25, 0.3) is 11.8 Å². The second-order valence-corrected chi connectivity index (χ2v) is 8.05. The molecule has 0 saturated carbocycles. The van der Waals surface area contributed by atoms with Gasteiger partial charge in [0.15, 0.2) is 0 Å². The second kappa shape index (κ2) is 7.81. The number of urea groups is 1. The molecule has 0 aliphatic carbocycles. The molecule has 4 amide bonds. The van der Waals surface area contributed by atoms with E-state index in [1.165, 1.54) is 6.08 Å². The lowest BCUT2D eigenvalue weighted by Gasteiger charge is -2.26. The maximum Gasteiger partial charge on any atom is 0.335 e. The quantitative estimate of drug-likeness (QED) is 0.408. The largest absolute Gasteiger partial charge is 0.335 e. The summed E-state index contributed by atoms with van der Waals surface area (Å²) in [6.07, 6.45) is 3.31. The minimum atomic E-state index is -0.776. The van der Waals surface area contributed by atoms with E-state index in [9.17, 15) is 14.4 Å². The Kier molecular flexibility index (Phi) is 5.21. The van der Waals surface area contributed by atoms with Crippen LogP contribution in [0.1, 0.15) is 5.69 Å². The number of barbiturate groups is 1. The van der Waals surface area contributed by atoms with E-state index in [1.54, 1.807) is 30.3 Å². The zero-order valence-corrected chi connectivity index (χ0v) is 18.0. The SMILES string of the molecule is O=C1NC(=O)N(c2ccc(Br)cc2)C(=O)/C1=C/c1cccn1-c1cccc(Br)c1. The van der Waals surface area contributed by atoms with Crippen LogP contribution in [0.4, 0.5) is 10.5 Å². The Morgan fingerprint density at radius 1 is 0.828 bits per heavy atom. The summed E-state index contributed by atoms with van der Waals surface area (Å²) in [4.78, 5) is 38.7. The molecular weight excluding hydrogens is 502 g/mol. The molecule has 1 saturated heterocycles. The molecule has 1 fully saturated rings. The first-order valence-electron chi connectivity index (χ1n) is 8.54. The minimum Gasteiger partial charge on any atom is -0.317 e. The summed E-state index contributed by atoms with van der Waals surface area (Å²) in [5.41, 5.74) is 1.74. The Balaban J connectivity index is 1.75. The highest BCUT2D eigenvalue weighted by atomic mass is 79.9. The highest BCUT2D eigenvalue weighted by Crippen LogP contribution is 2.25. The summed E-state index contributed by atoms with van der Waals surface area (Å²) in [6.45, 7) is 0. The second-order valence-electron chi connectivity index (χ2n) is 6.22. The van der Waals surface area contributed by atoms with Crippen molar-refractivity contribution in [2.24, 2.45) is 0 Å². The van der Waals surface area contributed by atoms with Crippen LogP contribution in [0.15, 0.2) is 81.4 Å². The van der Waals surface area contributed by atoms with Crippen molar-refractivity contribution in [3.8, 4) is 5.69 Å². The monoisotopic (exact) mass is 513 g/mol. The molecule has 29 heavy (non-hydrogen) atoms. The van der Waals surface area contributed by atoms with Crippen LogP contribution in [-0.4, -0.2) is 22.4 Å². The molecule has 0 bridgehead atoms. The van der Waals surface area contributed by atoms with E-state index < -0.39 is 17.8 Å². The molecule has 2 heterocycles. The Labute approximate surface area is 183 Å². The molecule has 0 atom stereocenters. The zero-order valence-electron chi connectivity index (χ0n) is 14.8. The van der Waals surface area contributed by atoms with Gasteiger partial charge in [0.2, 0.25) is 0 Å². The number of amides is 4. The number of carbonyl (C=O) groups is 3. The van der Waals surface area contributed by atoms with E-state index in [0.717, 1.165) is 19.5 Å². The third-order valence-corrected chi connectivity index (χ3v) is 5.37.